The van der Waals surface area contributed by atoms with Gasteiger partial charge in [0.15, 0.2) is 6.23 Å². The summed E-state index contributed by atoms with van der Waals surface area (Å²) in [6, 6.07) is 7.39. The van der Waals surface area contributed by atoms with Crippen molar-refractivity contribution in [1.29, 1.82) is 0 Å². The molecule has 0 fully saturated rings. The molecule has 4 nitrogen and oxygen atoms in total. The zero-order valence-corrected chi connectivity index (χ0v) is 10.5. The molecular formula is C14H17NO3. The van der Waals surface area contributed by atoms with Crippen LogP contribution in [0.4, 0.5) is 10.5 Å². The molecule has 0 spiro atoms. The Morgan fingerprint density at radius 3 is 2.89 bits per heavy atom. The summed E-state index contributed by atoms with van der Waals surface area (Å²) in [7, 11) is 0. The number of para-hydroxylation sites is 1. The highest BCUT2D eigenvalue weighted by Crippen LogP contribution is 2.28. The zero-order chi connectivity index (χ0) is 13.1. The summed E-state index contributed by atoms with van der Waals surface area (Å²) in [5.41, 5.74) is 1.56. The van der Waals surface area contributed by atoms with Crippen molar-refractivity contribution < 1.29 is 14.6 Å². The van der Waals surface area contributed by atoms with E-state index in [0.29, 0.717) is 12.3 Å². The molecule has 1 aromatic rings. The number of aliphatic hydroxyl groups is 1. The van der Waals surface area contributed by atoms with Crippen LogP contribution in [-0.2, 0) is 4.74 Å². The first kappa shape index (κ1) is 12.6. The quantitative estimate of drug-likeness (QED) is 0.874. The van der Waals surface area contributed by atoms with Crippen LogP contribution in [0, 0.1) is 5.92 Å². The largest absolute Gasteiger partial charge is 0.449 e. The van der Waals surface area contributed by atoms with Gasteiger partial charge in [-0.3, -0.25) is 0 Å². The van der Waals surface area contributed by atoms with Crippen LogP contribution in [0.5, 0.6) is 0 Å². The molecule has 1 amide bonds. The summed E-state index contributed by atoms with van der Waals surface area (Å²) in [5.74, 6) is 0.265. The van der Waals surface area contributed by atoms with Gasteiger partial charge in [-0.15, -0.1) is 0 Å². The Hall–Kier alpha value is -1.81. The summed E-state index contributed by atoms with van der Waals surface area (Å²) in [6.07, 6.45) is 1.87. The summed E-state index contributed by atoms with van der Waals surface area (Å²) < 4.78 is 5.16. The van der Waals surface area contributed by atoms with E-state index in [1.165, 1.54) is 4.90 Å². The molecule has 1 aromatic carbocycles. The van der Waals surface area contributed by atoms with Crippen molar-refractivity contribution in [2.75, 3.05) is 11.5 Å². The van der Waals surface area contributed by atoms with Gasteiger partial charge in [0.25, 0.3) is 0 Å². The maximum atomic E-state index is 12.0. The summed E-state index contributed by atoms with van der Waals surface area (Å²) in [5, 5.41) is 9.89. The summed E-state index contributed by atoms with van der Waals surface area (Å²) in [6.45, 7) is 4.27. The number of ether oxygens (including phenoxy) is 1. The van der Waals surface area contributed by atoms with E-state index in [-0.39, 0.29) is 5.92 Å². The molecule has 0 saturated heterocycles. The van der Waals surface area contributed by atoms with Crippen LogP contribution in [0.25, 0.3) is 6.08 Å². The smallest absolute Gasteiger partial charge is 0.416 e. The third kappa shape index (κ3) is 2.54. The van der Waals surface area contributed by atoms with Gasteiger partial charge in [0.1, 0.15) is 0 Å². The predicted molar refractivity (Wildman–Crippen MR) is 70.1 cm³/mol. The number of amides is 1. The lowest BCUT2D eigenvalue weighted by molar-refractivity contribution is 0.123. The molecule has 0 saturated carbocycles. The van der Waals surface area contributed by atoms with Gasteiger partial charge in [0.2, 0.25) is 0 Å². The molecule has 1 heterocycles. The van der Waals surface area contributed by atoms with Crippen LogP contribution in [0.2, 0.25) is 0 Å². The average Bonchev–Trinajstić information content (AvgIpc) is 2.36. The molecule has 2 rings (SSSR count). The lowest BCUT2D eigenvalue weighted by Gasteiger charge is -2.29. The maximum Gasteiger partial charge on any atom is 0.416 e. The Kier molecular flexibility index (Phi) is 3.67. The fraction of sp³-hybridized carbons (Fsp3) is 0.357. The standard InChI is InChI=1S/C14H17NO3/c1-10(2)9-18-14(17)15-12-6-4-3-5-11(12)7-8-13(15)16/h3-8,10,13,16H,9H2,1-2H3. The predicted octanol–water partition coefficient (Wildman–Crippen LogP) is 2.63. The molecule has 1 aliphatic rings. The lowest BCUT2D eigenvalue weighted by atomic mass is 10.1. The van der Waals surface area contributed by atoms with Gasteiger partial charge in [0, 0.05) is 0 Å². The number of fused-ring (bicyclic) bond motifs is 1. The zero-order valence-electron chi connectivity index (χ0n) is 10.5. The fourth-order valence-corrected chi connectivity index (χ4v) is 1.78. The van der Waals surface area contributed by atoms with Crippen LogP contribution in [0.15, 0.2) is 30.3 Å². The number of benzene rings is 1. The number of rotatable bonds is 2. The third-order valence-corrected chi connectivity index (χ3v) is 2.65. The highest BCUT2D eigenvalue weighted by atomic mass is 16.6. The van der Waals surface area contributed by atoms with Crippen LogP contribution in [0.3, 0.4) is 0 Å². The van der Waals surface area contributed by atoms with Gasteiger partial charge < -0.3 is 9.84 Å². The number of nitrogens with zero attached hydrogens (tertiary/aromatic N) is 1. The van der Waals surface area contributed by atoms with Gasteiger partial charge in [0.05, 0.1) is 12.3 Å². The van der Waals surface area contributed by atoms with Crippen LogP contribution in [-0.4, -0.2) is 24.0 Å². The first-order chi connectivity index (χ1) is 8.59. The number of carbonyl (C=O) groups is 1. The molecule has 0 aliphatic carbocycles. The number of aliphatic hydroxyl groups excluding tert-OH is 1. The second-order valence-electron chi connectivity index (χ2n) is 4.67. The van der Waals surface area contributed by atoms with Crippen LogP contribution >= 0.6 is 0 Å². The van der Waals surface area contributed by atoms with Gasteiger partial charge in [-0.05, 0) is 23.6 Å². The number of carbonyl (C=O) groups excluding carboxylic acids is 1. The van der Waals surface area contributed by atoms with E-state index >= 15 is 0 Å². The van der Waals surface area contributed by atoms with Gasteiger partial charge >= 0.3 is 6.09 Å². The third-order valence-electron chi connectivity index (χ3n) is 2.65. The van der Waals surface area contributed by atoms with E-state index in [4.69, 9.17) is 4.74 Å². The number of hydrogen-bond acceptors (Lipinski definition) is 3. The average molecular weight is 247 g/mol. The van der Waals surface area contributed by atoms with E-state index in [2.05, 4.69) is 0 Å². The molecule has 0 radical (unpaired) electrons. The molecule has 0 bridgehead atoms. The minimum atomic E-state index is -0.973. The lowest BCUT2D eigenvalue weighted by Crippen LogP contribution is -2.41. The Bertz CT molecular complexity index is 468. The van der Waals surface area contributed by atoms with Crippen molar-refractivity contribution in [3.05, 3.63) is 35.9 Å². The Morgan fingerprint density at radius 1 is 1.44 bits per heavy atom. The van der Waals surface area contributed by atoms with E-state index in [1.54, 1.807) is 18.2 Å². The van der Waals surface area contributed by atoms with E-state index in [1.807, 2.05) is 32.0 Å². The SMILES string of the molecule is CC(C)COC(=O)N1c2ccccc2C=CC1O. The normalized spacial score (nSPS) is 17.8. The van der Waals surface area contributed by atoms with Gasteiger partial charge in [-0.1, -0.05) is 38.1 Å². The van der Waals surface area contributed by atoms with E-state index in [9.17, 15) is 9.90 Å². The van der Waals surface area contributed by atoms with Crippen LogP contribution in [0.1, 0.15) is 19.4 Å². The second kappa shape index (κ2) is 5.23. The molecule has 96 valence electrons. The first-order valence-corrected chi connectivity index (χ1v) is 6.01. The molecule has 0 aromatic heterocycles. The molecule has 4 heteroatoms. The Labute approximate surface area is 106 Å². The van der Waals surface area contributed by atoms with Crippen molar-refractivity contribution in [2.45, 2.75) is 20.1 Å². The van der Waals surface area contributed by atoms with Crippen LogP contribution < -0.4 is 4.90 Å². The molecule has 18 heavy (non-hydrogen) atoms. The first-order valence-electron chi connectivity index (χ1n) is 6.01. The fourth-order valence-electron chi connectivity index (χ4n) is 1.78. The van der Waals surface area contributed by atoms with Gasteiger partial charge in [-0.2, -0.15) is 0 Å². The molecule has 1 atom stereocenters. The monoisotopic (exact) mass is 247 g/mol. The highest BCUT2D eigenvalue weighted by molar-refractivity contribution is 5.93. The minimum Gasteiger partial charge on any atom is -0.449 e. The van der Waals surface area contributed by atoms with Crippen molar-refractivity contribution >= 4 is 17.9 Å². The van der Waals surface area contributed by atoms with E-state index < -0.39 is 12.3 Å². The topological polar surface area (TPSA) is 49.8 Å². The molecular weight excluding hydrogens is 230 g/mol. The Morgan fingerprint density at radius 2 is 2.17 bits per heavy atom. The van der Waals surface area contributed by atoms with Crippen molar-refractivity contribution in [1.82, 2.24) is 0 Å². The van der Waals surface area contributed by atoms with E-state index in [0.717, 1.165) is 5.56 Å². The second-order valence-corrected chi connectivity index (χ2v) is 4.67. The van der Waals surface area contributed by atoms with Crippen molar-refractivity contribution in [3.8, 4) is 0 Å². The molecule has 1 unspecified atom stereocenters. The molecule has 1 N–H and O–H groups in total. The summed E-state index contributed by atoms with van der Waals surface area (Å²) >= 11 is 0. The number of hydrogen-bond donors (Lipinski definition) is 1. The Balaban J connectivity index is 2.21. The maximum absolute atomic E-state index is 12.0. The summed E-state index contributed by atoms with van der Waals surface area (Å²) in [4.78, 5) is 13.2. The highest BCUT2D eigenvalue weighted by Gasteiger charge is 2.27. The minimum absolute atomic E-state index is 0.265. The van der Waals surface area contributed by atoms with Crippen molar-refractivity contribution in [3.63, 3.8) is 0 Å². The molecule has 1 aliphatic heterocycles. The van der Waals surface area contributed by atoms with Gasteiger partial charge in [-0.25, -0.2) is 9.69 Å². The number of anilines is 1. The van der Waals surface area contributed by atoms with Crippen molar-refractivity contribution in [2.24, 2.45) is 5.92 Å².